The van der Waals surface area contributed by atoms with Crippen molar-refractivity contribution in [3.05, 3.63) is 59.7 Å². The van der Waals surface area contributed by atoms with Gasteiger partial charge in [0, 0.05) is 6.42 Å². The number of rotatable bonds is 4. The molecule has 0 radical (unpaired) electrons. The Morgan fingerprint density at radius 3 is 2.67 bits per heavy atom. The van der Waals surface area contributed by atoms with Crippen LogP contribution in [0.4, 0.5) is 0 Å². The lowest BCUT2D eigenvalue weighted by Crippen LogP contribution is -2.05. The number of methoxy groups -OCH3 is 1. The minimum Gasteiger partial charge on any atom is -0.508 e. The number of para-hydroxylation sites is 1. The first-order valence-electron chi connectivity index (χ1n) is 5.65. The maximum atomic E-state index is 12.1. The Labute approximate surface area is 106 Å². The Hall–Kier alpha value is -2.29. The van der Waals surface area contributed by atoms with Crippen molar-refractivity contribution >= 4 is 5.78 Å². The van der Waals surface area contributed by atoms with Crippen LogP contribution in [0.25, 0.3) is 0 Å². The highest BCUT2D eigenvalue weighted by Gasteiger charge is 2.12. The van der Waals surface area contributed by atoms with Crippen LogP contribution >= 0.6 is 0 Å². The van der Waals surface area contributed by atoms with Crippen LogP contribution in [0, 0.1) is 0 Å². The Morgan fingerprint density at radius 2 is 1.94 bits per heavy atom. The Balaban J connectivity index is 2.22. The van der Waals surface area contributed by atoms with Gasteiger partial charge in [0.25, 0.3) is 0 Å². The first-order chi connectivity index (χ1) is 8.70. The van der Waals surface area contributed by atoms with Crippen LogP contribution < -0.4 is 4.74 Å². The predicted molar refractivity (Wildman–Crippen MR) is 69.1 cm³/mol. The molecule has 0 aliphatic heterocycles. The lowest BCUT2D eigenvalue weighted by molar-refractivity contribution is 0.0990. The van der Waals surface area contributed by atoms with Gasteiger partial charge in [-0.1, -0.05) is 24.3 Å². The summed E-state index contributed by atoms with van der Waals surface area (Å²) in [5.74, 6) is 0.709. The van der Waals surface area contributed by atoms with Crippen molar-refractivity contribution in [2.24, 2.45) is 0 Å². The van der Waals surface area contributed by atoms with Gasteiger partial charge in [0.05, 0.1) is 12.7 Å². The van der Waals surface area contributed by atoms with Gasteiger partial charge in [-0.25, -0.2) is 0 Å². The van der Waals surface area contributed by atoms with Crippen LogP contribution in [0.5, 0.6) is 11.5 Å². The molecule has 0 heterocycles. The average molecular weight is 242 g/mol. The van der Waals surface area contributed by atoms with Crippen LogP contribution in [-0.2, 0) is 6.42 Å². The molecule has 0 spiro atoms. The molecule has 3 nitrogen and oxygen atoms in total. The van der Waals surface area contributed by atoms with Crippen LogP contribution in [0.2, 0.25) is 0 Å². The maximum absolute atomic E-state index is 12.1. The van der Waals surface area contributed by atoms with Crippen LogP contribution in [0.1, 0.15) is 15.9 Å². The molecule has 1 N–H and O–H groups in total. The molecule has 0 fully saturated rings. The zero-order valence-electron chi connectivity index (χ0n) is 10.1. The minimum atomic E-state index is -0.0296. The average Bonchev–Trinajstić information content (AvgIpc) is 2.38. The van der Waals surface area contributed by atoms with E-state index in [9.17, 15) is 9.90 Å². The number of carbonyl (C=O) groups excluding carboxylic acids is 1. The molecule has 92 valence electrons. The van der Waals surface area contributed by atoms with Crippen molar-refractivity contribution in [3.8, 4) is 11.5 Å². The van der Waals surface area contributed by atoms with E-state index in [0.29, 0.717) is 11.3 Å². The number of hydrogen-bond acceptors (Lipinski definition) is 3. The third-order valence-electron chi connectivity index (χ3n) is 2.68. The minimum absolute atomic E-state index is 0.0296. The fourth-order valence-corrected chi connectivity index (χ4v) is 1.82. The van der Waals surface area contributed by atoms with Gasteiger partial charge in [0.2, 0.25) is 0 Å². The smallest absolute Gasteiger partial charge is 0.170 e. The first kappa shape index (κ1) is 12.2. The molecule has 2 aromatic rings. The lowest BCUT2D eigenvalue weighted by Gasteiger charge is -2.07. The number of ketones is 1. The van der Waals surface area contributed by atoms with E-state index in [2.05, 4.69) is 0 Å². The molecule has 2 rings (SSSR count). The summed E-state index contributed by atoms with van der Waals surface area (Å²) in [7, 11) is 1.54. The molecule has 0 saturated carbocycles. The zero-order valence-corrected chi connectivity index (χ0v) is 10.1. The lowest BCUT2D eigenvalue weighted by atomic mass is 10.0. The Bertz CT molecular complexity index is 561. The fraction of sp³-hybridized carbons (Fsp3) is 0.133. The number of benzene rings is 2. The van der Waals surface area contributed by atoms with Gasteiger partial charge in [-0.15, -0.1) is 0 Å². The molecule has 0 aliphatic carbocycles. The molecule has 18 heavy (non-hydrogen) atoms. The third kappa shape index (κ3) is 2.69. The number of phenolic OH excluding ortho intramolecular Hbond substituents is 1. The van der Waals surface area contributed by atoms with Crippen LogP contribution in [0.15, 0.2) is 48.5 Å². The number of Topliss-reactive ketones (excluding diaryl/α,β-unsaturated/α-hetero) is 1. The molecule has 0 aromatic heterocycles. The van der Waals surface area contributed by atoms with Crippen molar-refractivity contribution in [3.63, 3.8) is 0 Å². The molecule has 0 amide bonds. The van der Waals surface area contributed by atoms with Gasteiger partial charge in [0.15, 0.2) is 5.78 Å². The normalized spacial score (nSPS) is 10.1. The van der Waals surface area contributed by atoms with E-state index in [-0.39, 0.29) is 18.0 Å². The van der Waals surface area contributed by atoms with Crippen molar-refractivity contribution in [1.29, 1.82) is 0 Å². The standard InChI is InChI=1S/C15H14O3/c1-18-15-8-3-2-7-13(15)14(17)10-11-5-4-6-12(16)9-11/h2-9,16H,10H2,1H3. The number of carbonyl (C=O) groups is 1. The van der Waals surface area contributed by atoms with Crippen molar-refractivity contribution < 1.29 is 14.6 Å². The molecule has 0 bridgehead atoms. The second-order valence-electron chi connectivity index (χ2n) is 3.97. The SMILES string of the molecule is COc1ccccc1C(=O)Cc1cccc(O)c1. The highest BCUT2D eigenvalue weighted by molar-refractivity contribution is 5.99. The van der Waals surface area contributed by atoms with Gasteiger partial charge in [-0.3, -0.25) is 4.79 Å². The van der Waals surface area contributed by atoms with Gasteiger partial charge >= 0.3 is 0 Å². The summed E-state index contributed by atoms with van der Waals surface area (Å²) < 4.78 is 5.16. The molecule has 0 aliphatic rings. The molecule has 3 heteroatoms. The number of aromatic hydroxyl groups is 1. The molecular formula is C15H14O3. The fourth-order valence-electron chi connectivity index (χ4n) is 1.82. The topological polar surface area (TPSA) is 46.5 Å². The van der Waals surface area contributed by atoms with Gasteiger partial charge in [-0.2, -0.15) is 0 Å². The first-order valence-corrected chi connectivity index (χ1v) is 5.65. The molecule has 0 unspecified atom stereocenters. The predicted octanol–water partition coefficient (Wildman–Crippen LogP) is 2.83. The molecular weight excluding hydrogens is 228 g/mol. The Kier molecular flexibility index (Phi) is 3.63. The molecule has 0 atom stereocenters. The summed E-state index contributed by atoms with van der Waals surface area (Å²) in [4.78, 5) is 12.1. The summed E-state index contributed by atoms with van der Waals surface area (Å²) in [6.45, 7) is 0. The second-order valence-corrected chi connectivity index (χ2v) is 3.97. The summed E-state index contributed by atoms with van der Waals surface area (Å²) in [6.07, 6.45) is 0.245. The zero-order chi connectivity index (χ0) is 13.0. The van der Waals surface area contributed by atoms with E-state index < -0.39 is 0 Å². The number of ether oxygens (including phenoxy) is 1. The van der Waals surface area contributed by atoms with E-state index in [1.54, 1.807) is 43.5 Å². The highest BCUT2D eigenvalue weighted by atomic mass is 16.5. The summed E-state index contributed by atoms with van der Waals surface area (Å²) >= 11 is 0. The maximum Gasteiger partial charge on any atom is 0.170 e. The Morgan fingerprint density at radius 1 is 1.17 bits per heavy atom. The number of phenols is 1. The molecule has 2 aromatic carbocycles. The van der Waals surface area contributed by atoms with E-state index in [4.69, 9.17) is 4.74 Å². The van der Waals surface area contributed by atoms with Crippen molar-refractivity contribution in [2.45, 2.75) is 6.42 Å². The van der Waals surface area contributed by atoms with E-state index in [1.165, 1.54) is 0 Å². The summed E-state index contributed by atoms with van der Waals surface area (Å²) in [6, 6.07) is 13.8. The van der Waals surface area contributed by atoms with E-state index in [0.717, 1.165) is 5.56 Å². The van der Waals surface area contributed by atoms with Gasteiger partial charge < -0.3 is 9.84 Å². The number of hydrogen-bond donors (Lipinski definition) is 1. The van der Waals surface area contributed by atoms with Crippen molar-refractivity contribution in [1.82, 2.24) is 0 Å². The van der Waals surface area contributed by atoms with E-state index >= 15 is 0 Å². The van der Waals surface area contributed by atoms with Crippen molar-refractivity contribution in [2.75, 3.05) is 7.11 Å². The largest absolute Gasteiger partial charge is 0.508 e. The third-order valence-corrected chi connectivity index (χ3v) is 2.68. The highest BCUT2D eigenvalue weighted by Crippen LogP contribution is 2.20. The molecule has 0 saturated heterocycles. The van der Waals surface area contributed by atoms with Crippen LogP contribution in [0.3, 0.4) is 0 Å². The van der Waals surface area contributed by atoms with Crippen LogP contribution in [-0.4, -0.2) is 18.0 Å². The summed E-state index contributed by atoms with van der Waals surface area (Å²) in [5.41, 5.74) is 1.34. The quantitative estimate of drug-likeness (QED) is 0.838. The van der Waals surface area contributed by atoms with Gasteiger partial charge in [-0.05, 0) is 29.8 Å². The summed E-state index contributed by atoms with van der Waals surface area (Å²) in [5, 5.41) is 9.36. The second kappa shape index (κ2) is 5.36. The van der Waals surface area contributed by atoms with Gasteiger partial charge in [0.1, 0.15) is 11.5 Å². The van der Waals surface area contributed by atoms with E-state index in [1.807, 2.05) is 12.1 Å². The monoisotopic (exact) mass is 242 g/mol.